The molecular formula is C13H13BrClN3O. The third-order valence-corrected chi connectivity index (χ3v) is 3.82. The van der Waals surface area contributed by atoms with Gasteiger partial charge in [0.2, 0.25) is 0 Å². The Balaban J connectivity index is 1.79. The van der Waals surface area contributed by atoms with Crippen molar-refractivity contribution < 1.29 is 4.79 Å². The van der Waals surface area contributed by atoms with E-state index in [1.54, 1.807) is 24.4 Å². The van der Waals surface area contributed by atoms with Crippen molar-refractivity contribution in [3.63, 3.8) is 0 Å². The monoisotopic (exact) mass is 341 g/mol. The fourth-order valence-corrected chi connectivity index (χ4v) is 2.04. The standard InChI is InChI=1S/C13H13BrClN3O/c14-11-4-3-10(9-12(11)15)13(19)16-5-1-7-18-8-2-6-17-18/h2-4,6,8-9H,1,5,7H2,(H,16,19). The summed E-state index contributed by atoms with van der Waals surface area (Å²) in [6, 6.07) is 7.02. The molecular weight excluding hydrogens is 330 g/mol. The summed E-state index contributed by atoms with van der Waals surface area (Å²) in [7, 11) is 0. The minimum atomic E-state index is -0.116. The second kappa shape index (κ2) is 6.73. The van der Waals surface area contributed by atoms with Crippen molar-refractivity contribution in [2.45, 2.75) is 13.0 Å². The van der Waals surface area contributed by atoms with E-state index in [0.29, 0.717) is 17.1 Å². The van der Waals surface area contributed by atoms with Crippen molar-refractivity contribution in [1.82, 2.24) is 15.1 Å². The molecule has 2 rings (SSSR count). The number of nitrogens with one attached hydrogen (secondary N) is 1. The third-order valence-electron chi connectivity index (χ3n) is 2.59. The highest BCUT2D eigenvalue weighted by Crippen LogP contribution is 2.23. The van der Waals surface area contributed by atoms with E-state index in [9.17, 15) is 4.79 Å². The van der Waals surface area contributed by atoms with Crippen LogP contribution in [0.2, 0.25) is 5.02 Å². The molecule has 0 radical (unpaired) electrons. The number of hydrogen-bond acceptors (Lipinski definition) is 2. The van der Waals surface area contributed by atoms with Crippen LogP contribution in [0.15, 0.2) is 41.1 Å². The van der Waals surface area contributed by atoms with Crippen molar-refractivity contribution in [2.75, 3.05) is 6.54 Å². The second-order valence-electron chi connectivity index (χ2n) is 4.01. The van der Waals surface area contributed by atoms with Gasteiger partial charge >= 0.3 is 0 Å². The molecule has 0 bridgehead atoms. The number of aromatic nitrogens is 2. The van der Waals surface area contributed by atoms with Gasteiger partial charge in [-0.3, -0.25) is 9.48 Å². The molecule has 2 aromatic rings. The maximum Gasteiger partial charge on any atom is 0.251 e. The molecule has 1 heterocycles. The number of aryl methyl sites for hydroxylation is 1. The Kier molecular flexibility index (Phi) is 4.99. The maximum atomic E-state index is 11.9. The van der Waals surface area contributed by atoms with E-state index >= 15 is 0 Å². The van der Waals surface area contributed by atoms with Gasteiger partial charge in [-0.1, -0.05) is 11.6 Å². The van der Waals surface area contributed by atoms with E-state index in [1.165, 1.54) is 0 Å². The highest BCUT2D eigenvalue weighted by atomic mass is 79.9. The normalized spacial score (nSPS) is 10.4. The van der Waals surface area contributed by atoms with Crippen LogP contribution in [-0.4, -0.2) is 22.2 Å². The number of amides is 1. The minimum Gasteiger partial charge on any atom is -0.352 e. The first-order valence-corrected chi connectivity index (χ1v) is 7.04. The molecule has 0 aliphatic carbocycles. The zero-order valence-corrected chi connectivity index (χ0v) is 12.5. The van der Waals surface area contributed by atoms with Crippen molar-refractivity contribution >= 4 is 33.4 Å². The molecule has 4 nitrogen and oxygen atoms in total. The molecule has 0 aliphatic heterocycles. The fraction of sp³-hybridized carbons (Fsp3) is 0.231. The van der Waals surface area contributed by atoms with Gasteiger partial charge in [-0.15, -0.1) is 0 Å². The summed E-state index contributed by atoms with van der Waals surface area (Å²) in [4.78, 5) is 11.9. The van der Waals surface area contributed by atoms with Gasteiger partial charge in [0.15, 0.2) is 0 Å². The lowest BCUT2D eigenvalue weighted by Crippen LogP contribution is -2.25. The number of benzene rings is 1. The highest BCUT2D eigenvalue weighted by Gasteiger charge is 2.07. The molecule has 100 valence electrons. The molecule has 0 saturated carbocycles. The van der Waals surface area contributed by atoms with Gasteiger partial charge in [0.05, 0.1) is 5.02 Å². The van der Waals surface area contributed by atoms with Gasteiger partial charge in [-0.25, -0.2) is 0 Å². The molecule has 0 saturated heterocycles. The summed E-state index contributed by atoms with van der Waals surface area (Å²) < 4.78 is 2.62. The molecule has 1 aromatic heterocycles. The Bertz CT molecular complexity index is 557. The van der Waals surface area contributed by atoms with Crippen LogP contribution >= 0.6 is 27.5 Å². The predicted molar refractivity (Wildman–Crippen MR) is 78.3 cm³/mol. The maximum absolute atomic E-state index is 11.9. The van der Waals surface area contributed by atoms with Crippen LogP contribution in [0.5, 0.6) is 0 Å². The number of nitrogens with zero attached hydrogens (tertiary/aromatic N) is 2. The first kappa shape index (κ1) is 14.1. The summed E-state index contributed by atoms with van der Waals surface area (Å²) >= 11 is 9.24. The molecule has 0 unspecified atom stereocenters. The molecule has 0 fully saturated rings. The van der Waals surface area contributed by atoms with E-state index in [1.807, 2.05) is 16.9 Å². The van der Waals surface area contributed by atoms with Crippen molar-refractivity contribution in [3.8, 4) is 0 Å². The molecule has 0 atom stereocenters. The zero-order valence-electron chi connectivity index (χ0n) is 10.1. The first-order valence-electron chi connectivity index (χ1n) is 5.87. The van der Waals surface area contributed by atoms with E-state index < -0.39 is 0 Å². The molecule has 6 heteroatoms. The van der Waals surface area contributed by atoms with Crippen LogP contribution < -0.4 is 5.32 Å². The van der Waals surface area contributed by atoms with E-state index in [4.69, 9.17) is 11.6 Å². The van der Waals surface area contributed by atoms with E-state index in [0.717, 1.165) is 17.4 Å². The largest absolute Gasteiger partial charge is 0.352 e. The van der Waals surface area contributed by atoms with Crippen LogP contribution in [0.3, 0.4) is 0 Å². The van der Waals surface area contributed by atoms with Gasteiger partial charge in [0.25, 0.3) is 5.91 Å². The zero-order chi connectivity index (χ0) is 13.7. The van der Waals surface area contributed by atoms with Gasteiger partial charge in [0.1, 0.15) is 0 Å². The lowest BCUT2D eigenvalue weighted by atomic mass is 10.2. The average molecular weight is 343 g/mol. The smallest absolute Gasteiger partial charge is 0.251 e. The minimum absolute atomic E-state index is 0.116. The number of rotatable bonds is 5. The summed E-state index contributed by atoms with van der Waals surface area (Å²) in [6.45, 7) is 1.39. The molecule has 0 aliphatic rings. The van der Waals surface area contributed by atoms with Crippen LogP contribution in [0.4, 0.5) is 0 Å². The van der Waals surface area contributed by atoms with Crippen LogP contribution in [0, 0.1) is 0 Å². The fourth-order valence-electron chi connectivity index (χ4n) is 1.62. The highest BCUT2D eigenvalue weighted by molar-refractivity contribution is 9.10. The van der Waals surface area contributed by atoms with Crippen LogP contribution in [0.25, 0.3) is 0 Å². The Hall–Kier alpha value is -1.33. The first-order chi connectivity index (χ1) is 9.16. The molecule has 1 amide bonds. The molecule has 1 aromatic carbocycles. The summed E-state index contributed by atoms with van der Waals surface area (Å²) in [5, 5.41) is 7.48. The number of carbonyl (C=O) groups is 1. The van der Waals surface area contributed by atoms with Gasteiger partial charge in [0, 0.05) is 35.5 Å². The molecule has 1 N–H and O–H groups in total. The summed E-state index contributed by atoms with van der Waals surface area (Å²) in [6.07, 6.45) is 4.47. The predicted octanol–water partition coefficient (Wildman–Crippen LogP) is 3.12. The SMILES string of the molecule is O=C(NCCCn1cccn1)c1ccc(Br)c(Cl)c1. The average Bonchev–Trinajstić information content (AvgIpc) is 2.91. The van der Waals surface area contributed by atoms with Gasteiger partial charge < -0.3 is 5.32 Å². The van der Waals surface area contributed by atoms with E-state index in [2.05, 4.69) is 26.3 Å². The number of carbonyl (C=O) groups excluding carboxylic acids is 1. The molecule has 19 heavy (non-hydrogen) atoms. The van der Waals surface area contributed by atoms with Gasteiger partial charge in [-0.05, 0) is 46.6 Å². The lowest BCUT2D eigenvalue weighted by molar-refractivity contribution is 0.0952. The third kappa shape index (κ3) is 4.08. The number of halogens is 2. The number of hydrogen-bond donors (Lipinski definition) is 1. The van der Waals surface area contributed by atoms with Crippen molar-refractivity contribution in [1.29, 1.82) is 0 Å². The van der Waals surface area contributed by atoms with Crippen LogP contribution in [-0.2, 0) is 6.54 Å². The topological polar surface area (TPSA) is 46.9 Å². The van der Waals surface area contributed by atoms with Crippen LogP contribution in [0.1, 0.15) is 16.8 Å². The van der Waals surface area contributed by atoms with Crippen molar-refractivity contribution in [3.05, 3.63) is 51.7 Å². The molecule has 0 spiro atoms. The summed E-state index contributed by atoms with van der Waals surface area (Å²) in [5.41, 5.74) is 0.562. The Morgan fingerprint density at radius 1 is 1.47 bits per heavy atom. The Morgan fingerprint density at radius 2 is 2.32 bits per heavy atom. The second-order valence-corrected chi connectivity index (χ2v) is 5.27. The van der Waals surface area contributed by atoms with Gasteiger partial charge in [-0.2, -0.15) is 5.10 Å². The van der Waals surface area contributed by atoms with E-state index in [-0.39, 0.29) is 5.91 Å². The van der Waals surface area contributed by atoms with Crippen molar-refractivity contribution in [2.24, 2.45) is 0 Å². The quantitative estimate of drug-likeness (QED) is 0.849. The Labute approximate surface area is 124 Å². The summed E-state index contributed by atoms with van der Waals surface area (Å²) in [5.74, 6) is -0.116. The Morgan fingerprint density at radius 3 is 3.00 bits per heavy atom. The lowest BCUT2D eigenvalue weighted by Gasteiger charge is -2.06.